The first-order chi connectivity index (χ1) is 19.4. The summed E-state index contributed by atoms with van der Waals surface area (Å²) in [5, 5.41) is 62.6. The number of fused-ring (bicyclic) bond motifs is 1. The van der Waals surface area contributed by atoms with E-state index in [-0.39, 0.29) is 31.3 Å². The fraction of sp³-hybridized carbons (Fsp3) is 0.828. The van der Waals surface area contributed by atoms with E-state index in [1.54, 1.807) is 6.92 Å². The number of rotatable bonds is 10. The smallest absolute Gasteiger partial charge is 0.309 e. The van der Waals surface area contributed by atoms with E-state index in [1.165, 1.54) is 13.8 Å². The molecule has 1 saturated carbocycles. The second-order valence-corrected chi connectivity index (χ2v) is 12.8. The number of carboxylic acid groups (broad SMARTS) is 1. The van der Waals surface area contributed by atoms with Crippen molar-refractivity contribution in [3.63, 3.8) is 0 Å². The van der Waals surface area contributed by atoms with Crippen LogP contribution >= 0.6 is 0 Å². The van der Waals surface area contributed by atoms with Gasteiger partial charge in [0.15, 0.2) is 6.29 Å². The molecule has 2 aliphatic carbocycles. The van der Waals surface area contributed by atoms with Crippen molar-refractivity contribution < 1.29 is 64.0 Å². The Bertz CT molecular complexity index is 1020. The Morgan fingerprint density at radius 2 is 1.76 bits per heavy atom. The molecular weight excluding hydrogens is 556 g/mol. The normalized spacial score (nSPS) is 40.0. The van der Waals surface area contributed by atoms with E-state index in [9.17, 15) is 39.9 Å². The van der Waals surface area contributed by atoms with Gasteiger partial charge < -0.3 is 49.6 Å². The van der Waals surface area contributed by atoms with E-state index >= 15 is 0 Å². The lowest BCUT2D eigenvalue weighted by Gasteiger charge is -2.58. The molecule has 3 aliphatic rings. The fourth-order valence-electron chi connectivity index (χ4n) is 6.71. The molecule has 1 heterocycles. The van der Waals surface area contributed by atoms with Gasteiger partial charge in [-0.3, -0.25) is 14.4 Å². The summed E-state index contributed by atoms with van der Waals surface area (Å²) >= 11 is 0. The van der Waals surface area contributed by atoms with Crippen LogP contribution in [0.15, 0.2) is 11.6 Å². The lowest BCUT2D eigenvalue weighted by atomic mass is 9.53. The van der Waals surface area contributed by atoms with Crippen LogP contribution < -0.4 is 0 Å². The van der Waals surface area contributed by atoms with Crippen molar-refractivity contribution in [1.82, 2.24) is 0 Å². The summed E-state index contributed by atoms with van der Waals surface area (Å²) in [6, 6.07) is 0. The molecule has 0 unspecified atom stereocenters. The summed E-state index contributed by atoms with van der Waals surface area (Å²) < 4.78 is 23.1. The molecule has 13 heteroatoms. The molecule has 13 nitrogen and oxygen atoms in total. The molecule has 6 N–H and O–H groups in total. The molecule has 0 bridgehead atoms. The predicted molar refractivity (Wildman–Crippen MR) is 144 cm³/mol. The molecular formula is C29H46O13. The maximum absolute atomic E-state index is 13.0. The van der Waals surface area contributed by atoms with Crippen LogP contribution in [-0.2, 0) is 33.3 Å². The van der Waals surface area contributed by atoms with E-state index in [0.29, 0.717) is 0 Å². The van der Waals surface area contributed by atoms with Gasteiger partial charge in [-0.05, 0) is 38.5 Å². The quantitative estimate of drug-likeness (QED) is 0.147. The van der Waals surface area contributed by atoms with Crippen molar-refractivity contribution in [2.75, 3.05) is 6.61 Å². The van der Waals surface area contributed by atoms with E-state index in [2.05, 4.69) is 0 Å². The zero-order chi connectivity index (χ0) is 31.7. The molecule has 3 rings (SSSR count). The standard InChI is InChI=1S/C29H46O13/c1-13(2)16-9-19(41-21(34)11-28(5,38)10-20(32)33)29(6)18(31)8-7-14(3)22(29)26(16)42-27-25(37)24(36)23(35)17(40-27)12-39-15(4)30/h7,13,16-19,22-27,31,35-38H,8-12H2,1-6H3,(H,32,33)/t16-,17+,18-,19-,22-,23+,24-,25+,26+,27-,28+,29-/m0/s1. The van der Waals surface area contributed by atoms with Crippen molar-refractivity contribution in [1.29, 1.82) is 0 Å². The second-order valence-electron chi connectivity index (χ2n) is 12.8. The Kier molecular flexibility index (Phi) is 10.8. The number of hydrogen-bond donors (Lipinski definition) is 6. The minimum Gasteiger partial charge on any atom is -0.481 e. The van der Waals surface area contributed by atoms with E-state index in [4.69, 9.17) is 24.1 Å². The van der Waals surface area contributed by atoms with E-state index in [1.807, 2.05) is 26.8 Å². The van der Waals surface area contributed by atoms with Crippen molar-refractivity contribution in [3.05, 3.63) is 11.6 Å². The number of esters is 2. The summed E-state index contributed by atoms with van der Waals surface area (Å²) in [5.41, 5.74) is -2.07. The molecule has 12 atom stereocenters. The van der Waals surface area contributed by atoms with Crippen LogP contribution in [0.3, 0.4) is 0 Å². The van der Waals surface area contributed by atoms with Crippen LogP contribution in [0, 0.1) is 23.2 Å². The Morgan fingerprint density at radius 3 is 2.33 bits per heavy atom. The first-order valence-electron chi connectivity index (χ1n) is 14.4. The Labute approximate surface area is 245 Å². The van der Waals surface area contributed by atoms with Crippen molar-refractivity contribution in [3.8, 4) is 0 Å². The molecule has 1 saturated heterocycles. The van der Waals surface area contributed by atoms with Gasteiger partial charge in [0.1, 0.15) is 37.1 Å². The Balaban J connectivity index is 1.93. The number of carbonyl (C=O) groups excluding carboxylic acids is 2. The van der Waals surface area contributed by atoms with Crippen LogP contribution in [-0.4, -0.2) is 110 Å². The summed E-state index contributed by atoms with van der Waals surface area (Å²) in [6.45, 7) is 9.58. The molecule has 0 aromatic heterocycles. The molecule has 0 aromatic carbocycles. The molecule has 240 valence electrons. The maximum Gasteiger partial charge on any atom is 0.309 e. The average Bonchev–Trinajstić information content (AvgIpc) is 2.85. The van der Waals surface area contributed by atoms with E-state index in [0.717, 1.165) is 5.57 Å². The molecule has 0 aromatic rings. The van der Waals surface area contributed by atoms with Gasteiger partial charge in [-0.15, -0.1) is 0 Å². The summed E-state index contributed by atoms with van der Waals surface area (Å²) in [5.74, 6) is -3.61. The number of aliphatic hydroxyl groups is 5. The third kappa shape index (κ3) is 7.32. The van der Waals surface area contributed by atoms with Crippen molar-refractivity contribution in [2.45, 2.75) is 122 Å². The lowest BCUT2D eigenvalue weighted by molar-refractivity contribution is -0.330. The minimum absolute atomic E-state index is 0.0594. The maximum atomic E-state index is 13.0. The van der Waals surface area contributed by atoms with Gasteiger partial charge in [0.2, 0.25) is 0 Å². The van der Waals surface area contributed by atoms with Crippen LogP contribution in [0.4, 0.5) is 0 Å². The third-order valence-corrected chi connectivity index (χ3v) is 9.07. The summed E-state index contributed by atoms with van der Waals surface area (Å²) in [7, 11) is 0. The topological polar surface area (TPSA) is 210 Å². The number of aliphatic hydroxyl groups excluding tert-OH is 4. The minimum atomic E-state index is -1.83. The number of aliphatic carboxylic acids is 1. The van der Waals surface area contributed by atoms with Crippen molar-refractivity contribution in [2.24, 2.45) is 23.2 Å². The van der Waals surface area contributed by atoms with Gasteiger partial charge in [0.05, 0.1) is 30.7 Å². The molecule has 2 fully saturated rings. The summed E-state index contributed by atoms with van der Waals surface area (Å²) in [4.78, 5) is 35.5. The lowest BCUT2D eigenvalue weighted by Crippen LogP contribution is -2.65. The van der Waals surface area contributed by atoms with E-state index < -0.39 is 96.7 Å². The number of ether oxygens (including phenoxy) is 4. The van der Waals surface area contributed by atoms with Gasteiger partial charge >= 0.3 is 17.9 Å². The van der Waals surface area contributed by atoms with Crippen molar-refractivity contribution >= 4 is 17.9 Å². The van der Waals surface area contributed by atoms with Gasteiger partial charge in [-0.25, -0.2) is 0 Å². The van der Waals surface area contributed by atoms with Gasteiger partial charge in [-0.2, -0.15) is 0 Å². The predicted octanol–water partition coefficient (Wildman–Crippen LogP) is 0.279. The molecule has 42 heavy (non-hydrogen) atoms. The first-order valence-corrected chi connectivity index (χ1v) is 14.4. The van der Waals surface area contributed by atoms with Crippen LogP contribution in [0.1, 0.15) is 67.2 Å². The molecule has 1 aliphatic heterocycles. The third-order valence-electron chi connectivity index (χ3n) is 9.07. The zero-order valence-corrected chi connectivity index (χ0v) is 25.0. The second kappa shape index (κ2) is 13.2. The van der Waals surface area contributed by atoms with Gasteiger partial charge in [0, 0.05) is 18.3 Å². The first kappa shape index (κ1) is 34.4. The molecule has 0 spiro atoms. The van der Waals surface area contributed by atoms with Crippen LogP contribution in [0.2, 0.25) is 0 Å². The monoisotopic (exact) mass is 602 g/mol. The molecule has 0 amide bonds. The molecule has 0 radical (unpaired) electrons. The van der Waals surface area contributed by atoms with Crippen LogP contribution in [0.5, 0.6) is 0 Å². The summed E-state index contributed by atoms with van der Waals surface area (Å²) in [6.07, 6.45) is -8.77. The zero-order valence-electron chi connectivity index (χ0n) is 25.0. The fourth-order valence-corrected chi connectivity index (χ4v) is 6.71. The highest BCUT2D eigenvalue weighted by atomic mass is 16.7. The SMILES string of the molecule is CC(=O)OC[C@H]1O[C@@H](O[C@@H]2[C@H](C(C)C)C[C@H](OC(=O)C[C@](C)(O)CC(=O)O)[C@]3(C)[C@@H](O)CC=C(C)[C@@H]23)[C@H](O)[C@@H](O)[C@@H]1O. The van der Waals surface area contributed by atoms with Crippen LogP contribution in [0.25, 0.3) is 0 Å². The number of hydrogen-bond acceptors (Lipinski definition) is 12. The average molecular weight is 603 g/mol. The Morgan fingerprint density at radius 1 is 1.12 bits per heavy atom. The van der Waals surface area contributed by atoms with Gasteiger partial charge in [-0.1, -0.05) is 32.4 Å². The largest absolute Gasteiger partial charge is 0.481 e. The number of carboxylic acids is 1. The number of carbonyl (C=O) groups is 3. The highest BCUT2D eigenvalue weighted by Crippen LogP contribution is 2.56. The highest BCUT2D eigenvalue weighted by Gasteiger charge is 2.61. The van der Waals surface area contributed by atoms with Gasteiger partial charge in [0.25, 0.3) is 0 Å². The Hall–Kier alpha value is -2.13. The highest BCUT2D eigenvalue weighted by molar-refractivity contribution is 5.74.